The van der Waals surface area contributed by atoms with Gasteiger partial charge in [-0.15, -0.1) is 0 Å². The molecule has 1 aliphatic rings. The van der Waals surface area contributed by atoms with Crippen molar-refractivity contribution in [3.63, 3.8) is 0 Å². The van der Waals surface area contributed by atoms with Crippen molar-refractivity contribution < 1.29 is 18.7 Å². The summed E-state index contributed by atoms with van der Waals surface area (Å²) >= 11 is 0. The van der Waals surface area contributed by atoms with Crippen LogP contribution in [-0.4, -0.2) is 61.4 Å². The molecule has 142 valence electrons. The maximum atomic E-state index is 13.1. The standard InChI is InChI=1S/C20H22FN3O3/c1-23-9-11-24(12-10-23)20(26)15-5-7-17(8-6-15)22-19(25)14-27-18-4-2-3-16(21)13-18/h2-8,13H,9-12,14H2,1H3,(H,22,25). The van der Waals surface area contributed by atoms with Gasteiger partial charge in [0.1, 0.15) is 11.6 Å². The van der Waals surface area contributed by atoms with Crippen LogP contribution < -0.4 is 10.1 Å². The van der Waals surface area contributed by atoms with Gasteiger partial charge in [0.25, 0.3) is 11.8 Å². The quantitative estimate of drug-likeness (QED) is 0.876. The Kier molecular flexibility index (Phi) is 6.03. The topological polar surface area (TPSA) is 61.9 Å². The maximum Gasteiger partial charge on any atom is 0.262 e. The van der Waals surface area contributed by atoms with E-state index >= 15 is 0 Å². The molecule has 3 rings (SSSR count). The Labute approximate surface area is 157 Å². The third-order valence-corrected chi connectivity index (χ3v) is 4.37. The van der Waals surface area contributed by atoms with Gasteiger partial charge in [-0.3, -0.25) is 9.59 Å². The van der Waals surface area contributed by atoms with E-state index in [1.54, 1.807) is 30.3 Å². The predicted molar refractivity (Wildman–Crippen MR) is 100 cm³/mol. The van der Waals surface area contributed by atoms with Gasteiger partial charge in [0.2, 0.25) is 0 Å². The van der Waals surface area contributed by atoms with E-state index in [1.165, 1.54) is 18.2 Å². The molecule has 0 unspecified atom stereocenters. The van der Waals surface area contributed by atoms with Gasteiger partial charge in [-0.1, -0.05) is 6.07 Å². The lowest BCUT2D eigenvalue weighted by molar-refractivity contribution is -0.118. The zero-order valence-electron chi connectivity index (χ0n) is 15.2. The molecule has 0 aromatic heterocycles. The Morgan fingerprint density at radius 2 is 1.78 bits per heavy atom. The van der Waals surface area contributed by atoms with Crippen LogP contribution in [0.3, 0.4) is 0 Å². The number of amides is 2. The Hall–Kier alpha value is -2.93. The normalized spacial score (nSPS) is 14.7. The van der Waals surface area contributed by atoms with Crippen LogP contribution in [0.4, 0.5) is 10.1 Å². The number of nitrogens with zero attached hydrogens (tertiary/aromatic N) is 2. The van der Waals surface area contributed by atoms with E-state index < -0.39 is 5.82 Å². The van der Waals surface area contributed by atoms with E-state index in [-0.39, 0.29) is 18.4 Å². The van der Waals surface area contributed by atoms with Gasteiger partial charge in [-0.05, 0) is 43.4 Å². The number of ether oxygens (including phenoxy) is 1. The number of carbonyl (C=O) groups is 2. The van der Waals surface area contributed by atoms with Crippen molar-refractivity contribution in [2.45, 2.75) is 0 Å². The molecule has 0 aliphatic carbocycles. The second-order valence-electron chi connectivity index (χ2n) is 6.47. The van der Waals surface area contributed by atoms with Gasteiger partial charge in [0.05, 0.1) is 0 Å². The molecule has 1 heterocycles. The van der Waals surface area contributed by atoms with Gasteiger partial charge >= 0.3 is 0 Å². The lowest BCUT2D eigenvalue weighted by Crippen LogP contribution is -2.47. The fourth-order valence-electron chi connectivity index (χ4n) is 2.79. The molecular formula is C20H22FN3O3. The molecule has 2 aromatic rings. The number of halogens is 1. The molecule has 27 heavy (non-hydrogen) atoms. The predicted octanol–water partition coefficient (Wildman–Crippen LogP) is 2.23. The minimum Gasteiger partial charge on any atom is -0.484 e. The molecule has 2 amide bonds. The number of rotatable bonds is 5. The van der Waals surface area contributed by atoms with E-state index in [2.05, 4.69) is 10.2 Å². The number of hydrogen-bond acceptors (Lipinski definition) is 4. The van der Waals surface area contributed by atoms with Crippen molar-refractivity contribution in [3.8, 4) is 5.75 Å². The molecule has 1 saturated heterocycles. The highest BCUT2D eigenvalue weighted by Crippen LogP contribution is 2.14. The van der Waals surface area contributed by atoms with E-state index in [9.17, 15) is 14.0 Å². The number of nitrogens with one attached hydrogen (secondary N) is 1. The van der Waals surface area contributed by atoms with Gasteiger partial charge in [-0.2, -0.15) is 0 Å². The van der Waals surface area contributed by atoms with Crippen LogP contribution in [0, 0.1) is 5.82 Å². The van der Waals surface area contributed by atoms with Crippen LogP contribution in [0.15, 0.2) is 48.5 Å². The van der Waals surface area contributed by atoms with Gasteiger partial charge in [0.15, 0.2) is 6.61 Å². The molecule has 1 N–H and O–H groups in total. The molecule has 0 radical (unpaired) electrons. The molecule has 0 spiro atoms. The number of benzene rings is 2. The fourth-order valence-corrected chi connectivity index (χ4v) is 2.79. The highest BCUT2D eigenvalue weighted by atomic mass is 19.1. The Morgan fingerprint density at radius 3 is 2.44 bits per heavy atom. The van der Waals surface area contributed by atoms with Crippen molar-refractivity contribution in [1.29, 1.82) is 0 Å². The first-order chi connectivity index (χ1) is 13.0. The number of piperazine rings is 1. The Balaban J connectivity index is 1.51. The number of anilines is 1. The summed E-state index contributed by atoms with van der Waals surface area (Å²) in [6, 6.07) is 12.4. The first-order valence-electron chi connectivity index (χ1n) is 8.77. The minimum absolute atomic E-state index is 0.00425. The fraction of sp³-hybridized carbons (Fsp3) is 0.300. The van der Waals surface area contributed by atoms with Gasteiger partial charge in [-0.25, -0.2) is 4.39 Å². The van der Waals surface area contributed by atoms with E-state index in [0.717, 1.165) is 13.1 Å². The number of carbonyl (C=O) groups excluding carboxylic acids is 2. The largest absolute Gasteiger partial charge is 0.484 e. The molecular weight excluding hydrogens is 349 g/mol. The van der Waals surface area contributed by atoms with Gasteiger partial charge < -0.3 is 19.9 Å². The van der Waals surface area contributed by atoms with Crippen LogP contribution in [-0.2, 0) is 4.79 Å². The van der Waals surface area contributed by atoms with Crippen molar-refractivity contribution in [2.24, 2.45) is 0 Å². The molecule has 0 saturated carbocycles. The maximum absolute atomic E-state index is 13.1. The van der Waals surface area contributed by atoms with Crippen LogP contribution >= 0.6 is 0 Å². The van der Waals surface area contributed by atoms with Crippen LogP contribution in [0.1, 0.15) is 10.4 Å². The van der Waals surface area contributed by atoms with Gasteiger partial charge in [0, 0.05) is 43.5 Å². The highest BCUT2D eigenvalue weighted by Gasteiger charge is 2.20. The summed E-state index contributed by atoms with van der Waals surface area (Å²) in [5.74, 6) is -0.500. The third-order valence-electron chi connectivity index (χ3n) is 4.37. The first-order valence-corrected chi connectivity index (χ1v) is 8.77. The van der Waals surface area contributed by atoms with Crippen LogP contribution in [0.2, 0.25) is 0 Å². The summed E-state index contributed by atoms with van der Waals surface area (Å²) in [5, 5.41) is 2.69. The molecule has 0 bridgehead atoms. The summed E-state index contributed by atoms with van der Waals surface area (Å²) < 4.78 is 18.3. The smallest absolute Gasteiger partial charge is 0.262 e. The lowest BCUT2D eigenvalue weighted by atomic mass is 10.1. The molecule has 2 aromatic carbocycles. The van der Waals surface area contributed by atoms with Crippen molar-refractivity contribution >= 4 is 17.5 Å². The lowest BCUT2D eigenvalue weighted by Gasteiger charge is -2.32. The Morgan fingerprint density at radius 1 is 1.07 bits per heavy atom. The molecule has 1 fully saturated rings. The average Bonchev–Trinajstić information content (AvgIpc) is 2.67. The second-order valence-corrected chi connectivity index (χ2v) is 6.47. The zero-order chi connectivity index (χ0) is 19.2. The molecule has 7 heteroatoms. The summed E-state index contributed by atoms with van der Waals surface area (Å²) in [4.78, 5) is 28.5. The second kappa shape index (κ2) is 8.64. The minimum atomic E-state index is -0.423. The summed E-state index contributed by atoms with van der Waals surface area (Å²) in [5.41, 5.74) is 1.16. The van der Waals surface area contributed by atoms with Crippen molar-refractivity contribution in [1.82, 2.24) is 9.80 Å². The summed E-state index contributed by atoms with van der Waals surface area (Å²) in [6.45, 7) is 2.93. The van der Waals surface area contributed by atoms with E-state index in [0.29, 0.717) is 30.1 Å². The molecule has 0 atom stereocenters. The Bertz CT molecular complexity index is 802. The van der Waals surface area contributed by atoms with Crippen molar-refractivity contribution in [3.05, 3.63) is 59.9 Å². The van der Waals surface area contributed by atoms with E-state index in [4.69, 9.17) is 4.74 Å². The summed E-state index contributed by atoms with van der Waals surface area (Å²) in [6.07, 6.45) is 0. The number of hydrogen-bond donors (Lipinski definition) is 1. The molecule has 1 aliphatic heterocycles. The zero-order valence-corrected chi connectivity index (χ0v) is 15.2. The van der Waals surface area contributed by atoms with Crippen molar-refractivity contribution in [2.75, 3.05) is 45.2 Å². The van der Waals surface area contributed by atoms with Crippen LogP contribution in [0.5, 0.6) is 5.75 Å². The monoisotopic (exact) mass is 371 g/mol. The summed E-state index contributed by atoms with van der Waals surface area (Å²) in [7, 11) is 2.04. The SMILES string of the molecule is CN1CCN(C(=O)c2ccc(NC(=O)COc3cccc(F)c3)cc2)CC1. The first kappa shape index (κ1) is 18.8. The third kappa shape index (κ3) is 5.27. The highest BCUT2D eigenvalue weighted by molar-refractivity contribution is 5.96. The average molecular weight is 371 g/mol. The molecule has 6 nitrogen and oxygen atoms in total. The number of likely N-dealkylation sites (N-methyl/N-ethyl adjacent to an activating group) is 1. The van der Waals surface area contributed by atoms with Crippen LogP contribution in [0.25, 0.3) is 0 Å². The van der Waals surface area contributed by atoms with E-state index in [1.807, 2.05) is 11.9 Å².